The number of benzene rings is 1. The van der Waals surface area contributed by atoms with E-state index in [-0.39, 0.29) is 17.5 Å². The molecule has 1 heterocycles. The van der Waals surface area contributed by atoms with Crippen LogP contribution in [0.5, 0.6) is 11.5 Å². The largest absolute Gasteiger partial charge is 0.454 e. The quantitative estimate of drug-likeness (QED) is 0.831. The zero-order valence-electron chi connectivity index (χ0n) is 16.4. The van der Waals surface area contributed by atoms with Gasteiger partial charge in [0, 0.05) is 11.1 Å². The summed E-state index contributed by atoms with van der Waals surface area (Å²) in [7, 11) is 2.11. The van der Waals surface area contributed by atoms with Crippen LogP contribution in [0.15, 0.2) is 18.2 Å². The second-order valence-corrected chi connectivity index (χ2v) is 9.62. The topological polar surface area (TPSA) is 52.0 Å². The number of likely N-dealkylation sites (N-methyl/N-ethyl adjacent to an activating group) is 1. The summed E-state index contributed by atoms with van der Waals surface area (Å²) in [4.78, 5) is 14.3. The molecule has 146 valence electrons. The van der Waals surface area contributed by atoms with E-state index in [1.165, 1.54) is 49.0 Å². The predicted octanol–water partition coefficient (Wildman–Crippen LogP) is 1.90. The first-order valence-corrected chi connectivity index (χ1v) is 10.5. The van der Waals surface area contributed by atoms with Crippen LogP contribution in [0.2, 0.25) is 0 Å². The van der Waals surface area contributed by atoms with E-state index in [2.05, 4.69) is 25.4 Å². The number of rotatable bonds is 5. The minimum absolute atomic E-state index is 0.0663. The van der Waals surface area contributed by atoms with Gasteiger partial charge in [0.2, 0.25) is 6.79 Å². The van der Waals surface area contributed by atoms with E-state index >= 15 is 0 Å². The SMILES string of the molecule is C[C@@H](C(=O)NC12CC3CC(CC(C3)C1)C2)[NH+](C)Cc1ccc2c(c1)OCO2. The van der Waals surface area contributed by atoms with Gasteiger partial charge in [-0.05, 0) is 81.4 Å². The third-order valence-electron chi connectivity index (χ3n) is 7.48. The third-order valence-corrected chi connectivity index (χ3v) is 7.48. The molecule has 4 aliphatic carbocycles. The van der Waals surface area contributed by atoms with Gasteiger partial charge in [0.25, 0.3) is 5.91 Å². The molecule has 5 heteroatoms. The molecule has 1 aromatic rings. The highest BCUT2D eigenvalue weighted by atomic mass is 16.7. The fourth-order valence-corrected chi connectivity index (χ4v) is 6.38. The molecule has 6 rings (SSSR count). The molecule has 5 nitrogen and oxygen atoms in total. The van der Waals surface area contributed by atoms with Gasteiger partial charge in [-0.25, -0.2) is 0 Å². The van der Waals surface area contributed by atoms with Gasteiger partial charge in [0.15, 0.2) is 17.5 Å². The average Bonchev–Trinajstić information content (AvgIpc) is 3.07. The highest BCUT2D eigenvalue weighted by molar-refractivity contribution is 5.80. The van der Waals surface area contributed by atoms with Gasteiger partial charge in [-0.2, -0.15) is 0 Å². The number of carbonyl (C=O) groups is 1. The number of nitrogens with one attached hydrogen (secondary N) is 2. The van der Waals surface area contributed by atoms with Gasteiger partial charge < -0.3 is 19.7 Å². The first kappa shape index (κ1) is 17.4. The smallest absolute Gasteiger partial charge is 0.278 e. The van der Waals surface area contributed by atoms with Crippen molar-refractivity contribution in [1.82, 2.24) is 5.32 Å². The summed E-state index contributed by atoms with van der Waals surface area (Å²) in [6.07, 6.45) is 7.83. The van der Waals surface area contributed by atoms with Crippen LogP contribution in [-0.4, -0.2) is 31.3 Å². The molecule has 0 spiro atoms. The molecule has 1 unspecified atom stereocenters. The van der Waals surface area contributed by atoms with Crippen LogP contribution < -0.4 is 19.7 Å². The molecule has 0 saturated heterocycles. The molecule has 5 aliphatic rings. The maximum Gasteiger partial charge on any atom is 0.278 e. The van der Waals surface area contributed by atoms with Gasteiger partial charge in [-0.3, -0.25) is 4.79 Å². The van der Waals surface area contributed by atoms with Crippen molar-refractivity contribution in [2.75, 3.05) is 13.8 Å². The Kier molecular flexibility index (Phi) is 4.12. The molecule has 27 heavy (non-hydrogen) atoms. The number of hydrogen-bond donors (Lipinski definition) is 2. The van der Waals surface area contributed by atoms with Gasteiger partial charge in [0.1, 0.15) is 6.54 Å². The molecule has 4 saturated carbocycles. The summed E-state index contributed by atoms with van der Waals surface area (Å²) < 4.78 is 10.9. The highest BCUT2D eigenvalue weighted by Crippen LogP contribution is 2.55. The van der Waals surface area contributed by atoms with Gasteiger partial charge in [-0.15, -0.1) is 0 Å². The minimum Gasteiger partial charge on any atom is -0.454 e. The number of quaternary nitrogens is 1. The molecular weight excluding hydrogens is 340 g/mol. The summed E-state index contributed by atoms with van der Waals surface area (Å²) >= 11 is 0. The van der Waals surface area contributed by atoms with Crippen LogP contribution in [0, 0.1) is 17.8 Å². The first-order chi connectivity index (χ1) is 13.0. The summed E-state index contributed by atoms with van der Waals surface area (Å²) in [5, 5.41) is 3.53. The Bertz CT molecular complexity index is 712. The number of amides is 1. The van der Waals surface area contributed by atoms with Crippen molar-refractivity contribution in [3.05, 3.63) is 23.8 Å². The molecule has 2 N–H and O–H groups in total. The zero-order chi connectivity index (χ0) is 18.6. The van der Waals surface area contributed by atoms with Crippen LogP contribution in [0.4, 0.5) is 0 Å². The van der Waals surface area contributed by atoms with Crippen LogP contribution in [0.1, 0.15) is 51.0 Å². The molecule has 0 radical (unpaired) electrons. The lowest BCUT2D eigenvalue weighted by atomic mass is 9.53. The van der Waals surface area contributed by atoms with Gasteiger partial charge >= 0.3 is 0 Å². The molecular formula is C22H31N2O3+. The predicted molar refractivity (Wildman–Crippen MR) is 102 cm³/mol. The number of hydrogen-bond acceptors (Lipinski definition) is 3. The lowest BCUT2D eigenvalue weighted by molar-refractivity contribution is -0.908. The van der Waals surface area contributed by atoms with E-state index in [0.29, 0.717) is 6.79 Å². The number of carbonyl (C=O) groups excluding carboxylic acids is 1. The highest BCUT2D eigenvalue weighted by Gasteiger charge is 2.52. The molecule has 1 aromatic carbocycles. The first-order valence-electron chi connectivity index (χ1n) is 10.5. The Morgan fingerprint density at radius 1 is 1.15 bits per heavy atom. The average molecular weight is 372 g/mol. The van der Waals surface area contributed by atoms with E-state index in [1.54, 1.807) is 0 Å². The summed E-state index contributed by atoms with van der Waals surface area (Å²) in [6, 6.07) is 6.00. The molecule has 4 bridgehead atoms. The van der Waals surface area contributed by atoms with Gasteiger partial charge in [0.05, 0.1) is 7.05 Å². The van der Waals surface area contributed by atoms with Crippen LogP contribution in [0.25, 0.3) is 0 Å². The Balaban J connectivity index is 1.22. The fourth-order valence-electron chi connectivity index (χ4n) is 6.38. The van der Waals surface area contributed by atoms with Gasteiger partial charge in [-0.1, -0.05) is 0 Å². The molecule has 1 amide bonds. The number of fused-ring (bicyclic) bond motifs is 1. The minimum atomic E-state index is -0.0663. The van der Waals surface area contributed by atoms with Crippen molar-refractivity contribution >= 4 is 5.91 Å². The van der Waals surface area contributed by atoms with Crippen molar-refractivity contribution in [2.24, 2.45) is 17.8 Å². The maximum absolute atomic E-state index is 13.1. The van der Waals surface area contributed by atoms with E-state index < -0.39 is 0 Å². The Labute approximate surface area is 161 Å². The van der Waals surface area contributed by atoms with Crippen molar-refractivity contribution in [2.45, 2.75) is 63.6 Å². The second kappa shape index (κ2) is 6.40. The molecule has 0 aromatic heterocycles. The van der Waals surface area contributed by atoms with Crippen LogP contribution >= 0.6 is 0 Å². The van der Waals surface area contributed by atoms with Crippen molar-refractivity contribution < 1.29 is 19.2 Å². The third kappa shape index (κ3) is 3.20. The Morgan fingerprint density at radius 2 is 1.78 bits per heavy atom. The summed E-state index contributed by atoms with van der Waals surface area (Å²) in [5.41, 5.74) is 1.27. The summed E-state index contributed by atoms with van der Waals surface area (Å²) in [5.74, 6) is 4.40. The maximum atomic E-state index is 13.1. The monoisotopic (exact) mass is 371 g/mol. The normalized spacial score (nSPS) is 35.1. The Hall–Kier alpha value is -1.75. The lowest BCUT2D eigenvalue weighted by Gasteiger charge is -2.57. The van der Waals surface area contributed by atoms with E-state index in [1.807, 2.05) is 12.1 Å². The Morgan fingerprint density at radius 3 is 2.44 bits per heavy atom. The standard InChI is InChI=1S/C22H30N2O3/c1-14(24(2)12-15-3-4-19-20(8-15)27-13-26-19)21(25)23-22-9-16-5-17(10-22)7-18(6-16)11-22/h3-4,8,14,16-18H,5-7,9-13H2,1-2H3,(H,23,25)/p+1/t14-,16?,17?,18?,22?/m0/s1. The van der Waals surface area contributed by atoms with Crippen molar-refractivity contribution in [1.29, 1.82) is 0 Å². The zero-order valence-corrected chi connectivity index (χ0v) is 16.4. The number of ether oxygens (including phenoxy) is 2. The summed E-state index contributed by atoms with van der Waals surface area (Å²) in [6.45, 7) is 3.15. The van der Waals surface area contributed by atoms with Crippen LogP contribution in [-0.2, 0) is 11.3 Å². The fraction of sp³-hybridized carbons (Fsp3) is 0.682. The van der Waals surface area contributed by atoms with Crippen LogP contribution in [0.3, 0.4) is 0 Å². The van der Waals surface area contributed by atoms with Crippen molar-refractivity contribution in [3.63, 3.8) is 0 Å². The van der Waals surface area contributed by atoms with E-state index in [4.69, 9.17) is 9.47 Å². The van der Waals surface area contributed by atoms with E-state index in [0.717, 1.165) is 35.8 Å². The second-order valence-electron chi connectivity index (χ2n) is 9.62. The molecule has 1 aliphatic heterocycles. The lowest BCUT2D eigenvalue weighted by Crippen LogP contribution is -3.12. The van der Waals surface area contributed by atoms with E-state index in [9.17, 15) is 4.79 Å². The van der Waals surface area contributed by atoms with Crippen molar-refractivity contribution in [3.8, 4) is 11.5 Å². The molecule has 4 fully saturated rings. The molecule has 2 atom stereocenters.